The number of ether oxygens (including phenoxy) is 4. The molecule has 0 aromatic heterocycles. The number of rotatable bonds is 10. The van der Waals surface area contributed by atoms with Crippen molar-refractivity contribution < 1.29 is 18.9 Å². The Morgan fingerprint density at radius 1 is 0.535 bits per heavy atom. The van der Waals surface area contributed by atoms with E-state index in [1.54, 1.807) is 0 Å². The Kier molecular flexibility index (Phi) is 6.86. The lowest BCUT2D eigenvalue weighted by molar-refractivity contribution is -0.345. The molecule has 0 aromatic carbocycles. The molecule has 0 radical (unpaired) electrons. The quantitative estimate of drug-likeness (QED) is 0.236. The maximum Gasteiger partial charge on any atom is 0.160 e. The Bertz CT molecular complexity index is 995. The second kappa shape index (κ2) is 10.2. The normalized spacial score (nSPS) is 55.2. The highest BCUT2D eigenvalue weighted by atomic mass is 16.7. The fourth-order valence-corrected chi connectivity index (χ4v) is 14.8. The number of hydrogen-bond acceptors (Lipinski definition) is 4. The molecule has 0 spiro atoms. The Balaban J connectivity index is 0.919. The average molecular weight is 595 g/mol. The highest BCUT2D eigenvalue weighted by Crippen LogP contribution is 2.67. The van der Waals surface area contributed by atoms with Crippen molar-refractivity contribution in [2.45, 2.75) is 173 Å². The molecule has 10 aliphatic rings. The van der Waals surface area contributed by atoms with E-state index in [2.05, 4.69) is 34.6 Å². The molecule has 4 heteroatoms. The molecule has 10 fully saturated rings. The third-order valence-corrected chi connectivity index (χ3v) is 15.4. The predicted octanol–water partition coefficient (Wildman–Crippen LogP) is 9.15. The summed E-state index contributed by atoms with van der Waals surface area (Å²) in [7, 11) is 0. The molecule has 0 N–H and O–H groups in total. The Hall–Kier alpha value is -0.160. The van der Waals surface area contributed by atoms with Gasteiger partial charge in [0.2, 0.25) is 0 Å². The van der Waals surface area contributed by atoms with Gasteiger partial charge in [0.15, 0.2) is 12.6 Å². The first-order chi connectivity index (χ1) is 20.6. The van der Waals surface area contributed by atoms with Gasteiger partial charge in [-0.2, -0.15) is 0 Å². The van der Waals surface area contributed by atoms with E-state index in [1.807, 2.05) is 0 Å². The van der Waals surface area contributed by atoms with E-state index >= 15 is 0 Å². The van der Waals surface area contributed by atoms with Crippen LogP contribution >= 0.6 is 0 Å². The van der Waals surface area contributed by atoms with E-state index in [0.717, 1.165) is 53.8 Å². The van der Waals surface area contributed by atoms with Gasteiger partial charge in [0.05, 0.1) is 23.4 Å². The van der Waals surface area contributed by atoms with Gasteiger partial charge in [-0.25, -0.2) is 0 Å². The molecule has 10 aliphatic carbocycles. The van der Waals surface area contributed by atoms with Crippen LogP contribution < -0.4 is 0 Å². The summed E-state index contributed by atoms with van der Waals surface area (Å²) >= 11 is 0. The van der Waals surface area contributed by atoms with Crippen LogP contribution in [0.1, 0.15) is 137 Å². The van der Waals surface area contributed by atoms with Crippen LogP contribution in [0.4, 0.5) is 0 Å². The van der Waals surface area contributed by atoms with Crippen molar-refractivity contribution >= 4 is 0 Å². The molecular formula is C39H62O4. The number of hydrogen-bond donors (Lipinski definition) is 0. The van der Waals surface area contributed by atoms with E-state index in [4.69, 9.17) is 18.9 Å². The van der Waals surface area contributed by atoms with E-state index in [0.29, 0.717) is 35.4 Å². The lowest BCUT2D eigenvalue weighted by Crippen LogP contribution is -2.66. The molecule has 10 rings (SSSR count). The van der Waals surface area contributed by atoms with Crippen molar-refractivity contribution in [2.24, 2.45) is 70.5 Å². The summed E-state index contributed by atoms with van der Waals surface area (Å²) in [5.41, 5.74) is 0.0821. The average Bonchev–Trinajstić information content (AvgIpc) is 3.74. The Morgan fingerprint density at radius 2 is 1.00 bits per heavy atom. The highest BCUT2D eigenvalue weighted by Gasteiger charge is 2.65. The molecule has 10 saturated carbocycles. The van der Waals surface area contributed by atoms with E-state index in [1.165, 1.54) is 96.3 Å². The zero-order chi connectivity index (χ0) is 29.3. The van der Waals surface area contributed by atoms with Crippen LogP contribution in [0.25, 0.3) is 0 Å². The van der Waals surface area contributed by atoms with Crippen LogP contribution in [-0.4, -0.2) is 36.0 Å². The molecule has 43 heavy (non-hydrogen) atoms. The SMILES string of the molecule is CC(C)C(OC1CC2CC1C1CCCC21)OC12CC3CC(C)(C1)CC(OC(OC1CC4CC1C1CCCC41)C(C)C)(C3)C2. The first kappa shape index (κ1) is 29.0. The third-order valence-electron chi connectivity index (χ3n) is 15.4. The van der Waals surface area contributed by atoms with Crippen LogP contribution in [0, 0.1) is 70.5 Å². The van der Waals surface area contributed by atoms with Crippen LogP contribution in [0.15, 0.2) is 0 Å². The van der Waals surface area contributed by atoms with Crippen molar-refractivity contribution in [3.05, 3.63) is 0 Å². The van der Waals surface area contributed by atoms with Gasteiger partial charge in [-0.15, -0.1) is 0 Å². The summed E-state index contributed by atoms with van der Waals surface area (Å²) < 4.78 is 29.0. The zero-order valence-corrected chi connectivity index (χ0v) is 28.1. The molecule has 8 bridgehead atoms. The second-order valence-corrected chi connectivity index (χ2v) is 19.3. The lowest BCUT2D eigenvalue weighted by Gasteiger charge is -2.66. The summed E-state index contributed by atoms with van der Waals surface area (Å²) in [6.07, 6.45) is 22.0. The maximum atomic E-state index is 7.40. The smallest absolute Gasteiger partial charge is 0.160 e. The summed E-state index contributed by atoms with van der Waals surface area (Å²) in [6, 6.07) is 0. The van der Waals surface area contributed by atoms with Gasteiger partial charge >= 0.3 is 0 Å². The maximum absolute atomic E-state index is 7.40. The van der Waals surface area contributed by atoms with Gasteiger partial charge in [-0.3, -0.25) is 0 Å². The fourth-order valence-electron chi connectivity index (χ4n) is 14.8. The van der Waals surface area contributed by atoms with Crippen LogP contribution in [0.2, 0.25) is 0 Å². The molecule has 0 heterocycles. The van der Waals surface area contributed by atoms with Crippen LogP contribution in [0.5, 0.6) is 0 Å². The van der Waals surface area contributed by atoms with Crippen molar-refractivity contribution in [1.82, 2.24) is 0 Å². The standard InChI is InChI=1S/C39H62O4/c1-22(2)35(40-33-14-25-12-31(33)29-10-6-8-27(25)29)42-38-17-24-16-37(5,19-38)20-39(18-24,21-38)43-36(23(3)4)41-34-15-26-13-32(34)30-11-7-9-28(26)30/h22-36H,6-21H2,1-5H3. The van der Waals surface area contributed by atoms with E-state index in [9.17, 15) is 0 Å². The molecule has 0 aromatic rings. The molecule has 14 atom stereocenters. The first-order valence-corrected chi connectivity index (χ1v) is 19.3. The minimum absolute atomic E-state index is 0.0911. The third kappa shape index (κ3) is 4.70. The van der Waals surface area contributed by atoms with Crippen molar-refractivity contribution in [1.29, 1.82) is 0 Å². The van der Waals surface area contributed by atoms with Crippen molar-refractivity contribution in [3.63, 3.8) is 0 Å². The minimum atomic E-state index is -0.109. The predicted molar refractivity (Wildman–Crippen MR) is 168 cm³/mol. The second-order valence-electron chi connectivity index (χ2n) is 19.3. The lowest BCUT2D eigenvalue weighted by atomic mass is 9.46. The number of fused-ring (bicyclic) bond motifs is 10. The van der Waals surface area contributed by atoms with Crippen molar-refractivity contribution in [2.75, 3.05) is 0 Å². The van der Waals surface area contributed by atoms with Crippen LogP contribution in [0.3, 0.4) is 0 Å². The summed E-state index contributed by atoms with van der Waals surface area (Å²) in [5, 5.41) is 0. The largest absolute Gasteiger partial charge is 0.349 e. The van der Waals surface area contributed by atoms with Gasteiger partial charge in [-0.05, 0) is 142 Å². The summed E-state index contributed by atoms with van der Waals surface area (Å²) in [6.45, 7) is 11.9. The van der Waals surface area contributed by atoms with E-state index < -0.39 is 0 Å². The molecule has 14 unspecified atom stereocenters. The van der Waals surface area contributed by atoms with Gasteiger partial charge < -0.3 is 18.9 Å². The fraction of sp³-hybridized carbons (Fsp3) is 1.00. The monoisotopic (exact) mass is 594 g/mol. The van der Waals surface area contributed by atoms with Gasteiger partial charge in [0, 0.05) is 18.3 Å². The summed E-state index contributed by atoms with van der Waals surface area (Å²) in [4.78, 5) is 0. The minimum Gasteiger partial charge on any atom is -0.349 e. The van der Waals surface area contributed by atoms with Crippen molar-refractivity contribution in [3.8, 4) is 0 Å². The molecule has 0 amide bonds. The highest BCUT2D eigenvalue weighted by molar-refractivity contribution is 5.15. The van der Waals surface area contributed by atoms with Crippen LogP contribution in [-0.2, 0) is 18.9 Å². The molecule has 4 nitrogen and oxygen atoms in total. The molecule has 242 valence electrons. The van der Waals surface area contributed by atoms with Gasteiger partial charge in [0.25, 0.3) is 0 Å². The first-order valence-electron chi connectivity index (χ1n) is 19.3. The topological polar surface area (TPSA) is 36.9 Å². The molecular weight excluding hydrogens is 532 g/mol. The Labute approximate surface area is 262 Å². The molecule has 0 aliphatic heterocycles. The van der Waals surface area contributed by atoms with Gasteiger partial charge in [0.1, 0.15) is 0 Å². The van der Waals surface area contributed by atoms with E-state index in [-0.39, 0.29) is 23.8 Å². The Morgan fingerprint density at radius 3 is 1.44 bits per heavy atom. The molecule has 0 saturated heterocycles. The zero-order valence-electron chi connectivity index (χ0n) is 28.1. The van der Waals surface area contributed by atoms with Gasteiger partial charge in [-0.1, -0.05) is 47.5 Å². The summed E-state index contributed by atoms with van der Waals surface area (Å²) in [5.74, 6) is 8.78.